The molecule has 4 nitrogen and oxygen atoms in total. The molecule has 0 aliphatic rings. The van der Waals surface area contributed by atoms with E-state index >= 15 is 0 Å². The smallest absolute Gasteiger partial charge is 0.339 e. The van der Waals surface area contributed by atoms with Crippen molar-refractivity contribution in [1.29, 1.82) is 0 Å². The second kappa shape index (κ2) is 7.40. The Morgan fingerprint density at radius 1 is 1.47 bits per heavy atom. The van der Waals surface area contributed by atoms with Gasteiger partial charge in [0.15, 0.2) is 8.56 Å². The largest absolute Gasteiger partial charge is 0.507 e. The van der Waals surface area contributed by atoms with E-state index in [0.717, 1.165) is 0 Å². The number of phenols is 1. The van der Waals surface area contributed by atoms with Crippen molar-refractivity contribution in [2.24, 2.45) is 0 Å². The van der Waals surface area contributed by atoms with E-state index in [-0.39, 0.29) is 11.3 Å². The fourth-order valence-corrected chi connectivity index (χ4v) is 0.654. The van der Waals surface area contributed by atoms with Gasteiger partial charge >= 0.3 is 5.97 Å². The van der Waals surface area contributed by atoms with Gasteiger partial charge in [0.1, 0.15) is 11.3 Å². The maximum Gasteiger partial charge on any atom is 0.339 e. The van der Waals surface area contributed by atoms with Crippen LogP contribution in [0.25, 0.3) is 0 Å². The minimum Gasteiger partial charge on any atom is -0.507 e. The van der Waals surface area contributed by atoms with E-state index < -0.39 is 14.5 Å². The van der Waals surface area contributed by atoms with Gasteiger partial charge in [-0.25, -0.2) is 4.79 Å². The first-order valence-electron chi connectivity index (χ1n) is 3.95. The molecule has 0 heterocycles. The molecule has 0 fully saturated rings. The Hall–Kier alpha value is -0.899. The van der Waals surface area contributed by atoms with Crippen LogP contribution >= 0.6 is 0 Å². The summed E-state index contributed by atoms with van der Waals surface area (Å²) < 4.78 is 0. The molecule has 0 unspecified atom stereocenters. The zero-order valence-corrected chi connectivity index (χ0v) is 11.1. The van der Waals surface area contributed by atoms with Crippen molar-refractivity contribution in [3.05, 3.63) is 29.8 Å². The molecule has 3 N–H and O–H groups in total. The molecule has 1 rings (SSSR count). The fourth-order valence-electron chi connectivity index (χ4n) is 0.654. The van der Waals surface area contributed by atoms with Crippen molar-refractivity contribution < 1.29 is 19.8 Å². The molecular formula is C8H10O4Si3. The molecule has 0 aliphatic carbocycles. The number of aromatic carboxylic acids is 1. The van der Waals surface area contributed by atoms with Crippen LogP contribution in [-0.4, -0.2) is 47.9 Å². The highest BCUT2D eigenvalue weighted by Crippen LogP contribution is 2.14. The van der Waals surface area contributed by atoms with Gasteiger partial charge in [0.05, 0.1) is 0 Å². The Balaban J connectivity index is 0.000000336. The van der Waals surface area contributed by atoms with Crippen molar-refractivity contribution in [3.8, 4) is 5.75 Å². The highest BCUT2D eigenvalue weighted by atomic mass is 29.5. The van der Waals surface area contributed by atoms with Gasteiger partial charge in [0.25, 0.3) is 0 Å². The van der Waals surface area contributed by atoms with Crippen LogP contribution in [-0.2, 0) is 0 Å². The second-order valence-corrected chi connectivity index (χ2v) is 9.12. The maximum absolute atomic E-state index is 10.3. The summed E-state index contributed by atoms with van der Waals surface area (Å²) in [5, 5.41) is 17.3. The summed E-state index contributed by atoms with van der Waals surface area (Å²) in [5.41, 5.74) is -0.0671. The third-order valence-electron chi connectivity index (χ3n) is 1.32. The van der Waals surface area contributed by atoms with Crippen molar-refractivity contribution in [2.45, 2.75) is 6.55 Å². The van der Waals surface area contributed by atoms with Gasteiger partial charge in [-0.15, -0.1) is 0 Å². The normalized spacial score (nSPS) is 9.33. The number of aromatic hydroxyl groups is 1. The Kier molecular flexibility index (Phi) is 6.96. The Morgan fingerprint density at radius 3 is 2.20 bits per heavy atom. The van der Waals surface area contributed by atoms with Crippen LogP contribution in [0.5, 0.6) is 5.75 Å². The molecule has 0 spiro atoms. The lowest BCUT2D eigenvalue weighted by Crippen LogP contribution is -2.16. The summed E-state index contributed by atoms with van der Waals surface area (Å²) >= 11 is 0. The molecule has 0 atom stereocenters. The fraction of sp³-hybridized carbons (Fsp3) is 0.125. The number of hydrogen-bond donors (Lipinski definition) is 3. The predicted molar refractivity (Wildman–Crippen MR) is 60.4 cm³/mol. The summed E-state index contributed by atoms with van der Waals surface area (Å²) in [6.45, 7) is 1.84. The lowest BCUT2D eigenvalue weighted by molar-refractivity contribution is 0.0693. The van der Waals surface area contributed by atoms with E-state index in [1.165, 1.54) is 12.1 Å². The van der Waals surface area contributed by atoms with Gasteiger partial charge in [-0.3, -0.25) is 0 Å². The van der Waals surface area contributed by atoms with Crippen LogP contribution in [0.3, 0.4) is 0 Å². The summed E-state index contributed by atoms with van der Waals surface area (Å²) in [5.74, 6) is -1.31. The van der Waals surface area contributed by atoms with Crippen LogP contribution in [0.15, 0.2) is 24.3 Å². The molecular weight excluding hydrogens is 244 g/mol. The standard InChI is InChI=1S/C7H6O3.CH4OSi3/c8-6-4-2-1-3-5(6)7(9)10;1-5(2)4-3/h1-4,8H,(H,9,10);2H,1H3. The third-order valence-corrected chi connectivity index (χ3v) is 6.02. The number of rotatable bonds is 2. The zero-order chi connectivity index (χ0) is 11.8. The Morgan fingerprint density at radius 2 is 1.93 bits per heavy atom. The summed E-state index contributed by atoms with van der Waals surface area (Å²) in [6, 6.07) is 5.81. The van der Waals surface area contributed by atoms with Gasteiger partial charge in [-0.2, -0.15) is 0 Å². The molecule has 7 heteroatoms. The molecule has 15 heavy (non-hydrogen) atoms. The second-order valence-electron chi connectivity index (χ2n) is 2.53. The average Bonchev–Trinajstić information content (AvgIpc) is 2.19. The van der Waals surface area contributed by atoms with Crippen LogP contribution < -0.4 is 0 Å². The summed E-state index contributed by atoms with van der Waals surface area (Å²) in [4.78, 5) is 18.7. The molecule has 0 aliphatic heterocycles. The number of hydrogen-bond acceptors (Lipinski definition) is 3. The van der Waals surface area contributed by atoms with Gasteiger partial charge in [-0.1, -0.05) is 12.1 Å². The monoisotopic (exact) mass is 254 g/mol. The Labute approximate surface area is 95.1 Å². The van der Waals surface area contributed by atoms with Crippen molar-refractivity contribution in [2.75, 3.05) is 0 Å². The summed E-state index contributed by atoms with van der Waals surface area (Å²) in [7, 11) is 2.82. The molecule has 78 valence electrons. The minimum absolute atomic E-state index is 0.0671. The van der Waals surface area contributed by atoms with Crippen LogP contribution in [0.2, 0.25) is 6.55 Å². The van der Waals surface area contributed by atoms with E-state index in [2.05, 4.69) is 9.76 Å². The lowest BCUT2D eigenvalue weighted by atomic mass is 10.2. The van der Waals surface area contributed by atoms with Crippen LogP contribution in [0.4, 0.5) is 0 Å². The highest BCUT2D eigenvalue weighted by Gasteiger charge is 2.05. The van der Waals surface area contributed by atoms with Crippen LogP contribution in [0, 0.1) is 0 Å². The van der Waals surface area contributed by atoms with E-state index in [9.17, 15) is 4.79 Å². The highest BCUT2D eigenvalue weighted by molar-refractivity contribution is 7.28. The number of benzene rings is 1. The van der Waals surface area contributed by atoms with E-state index in [4.69, 9.17) is 15.0 Å². The van der Waals surface area contributed by atoms with Gasteiger partial charge in [0.2, 0.25) is 0 Å². The minimum atomic E-state index is -1.11. The molecule has 1 aromatic rings. The van der Waals surface area contributed by atoms with E-state index in [1.807, 2.05) is 6.55 Å². The zero-order valence-electron chi connectivity index (χ0n) is 8.06. The Bertz CT molecular complexity index is 317. The van der Waals surface area contributed by atoms with Gasteiger partial charge < -0.3 is 15.0 Å². The molecule has 0 aromatic heterocycles. The van der Waals surface area contributed by atoms with Crippen molar-refractivity contribution in [3.63, 3.8) is 0 Å². The average molecular weight is 254 g/mol. The SMILES string of the molecule is C[Si](O)[Si][Si].O=C(O)c1ccccc1O. The maximum atomic E-state index is 10.3. The third kappa shape index (κ3) is 6.23. The first-order valence-corrected chi connectivity index (χ1v) is 9.40. The van der Waals surface area contributed by atoms with E-state index in [0.29, 0.717) is 8.55 Å². The predicted octanol–water partition coefficient (Wildman–Crippen LogP) is -0.0252. The molecule has 6 radical (unpaired) electrons. The quantitative estimate of drug-likeness (QED) is 0.648. The number of carbonyl (C=O) groups is 1. The van der Waals surface area contributed by atoms with Crippen molar-refractivity contribution in [1.82, 2.24) is 0 Å². The van der Waals surface area contributed by atoms with Gasteiger partial charge in [-0.05, 0) is 18.7 Å². The topological polar surface area (TPSA) is 77.8 Å². The summed E-state index contributed by atoms with van der Waals surface area (Å²) in [6.07, 6.45) is 0. The molecule has 0 saturated carbocycles. The van der Waals surface area contributed by atoms with E-state index in [1.54, 1.807) is 12.1 Å². The first-order chi connectivity index (χ1) is 6.99. The number of carboxylic acids is 1. The lowest BCUT2D eigenvalue weighted by Gasteiger charge is -1.95. The van der Waals surface area contributed by atoms with Gasteiger partial charge in [0, 0.05) is 18.3 Å². The number of carboxylic acid groups (broad SMARTS) is 1. The number of para-hydroxylation sites is 1. The van der Waals surface area contributed by atoms with Crippen molar-refractivity contribution >= 4 is 32.8 Å². The molecule has 0 saturated heterocycles. The molecule has 0 amide bonds. The first kappa shape index (κ1) is 14.1. The molecule has 1 aromatic carbocycles. The molecule has 0 bridgehead atoms. The van der Waals surface area contributed by atoms with Crippen LogP contribution in [0.1, 0.15) is 10.4 Å².